The van der Waals surface area contributed by atoms with Crippen LogP contribution in [0.4, 0.5) is 5.69 Å². The molecule has 0 saturated carbocycles. The second-order valence-electron chi connectivity index (χ2n) is 7.25. The molecule has 0 aliphatic carbocycles. The molecule has 1 atom stereocenters. The van der Waals surface area contributed by atoms with Crippen molar-refractivity contribution in [1.82, 2.24) is 4.31 Å². The Balaban J connectivity index is 1.75. The maximum atomic E-state index is 13.0. The molecule has 0 bridgehead atoms. The van der Waals surface area contributed by atoms with Crippen LogP contribution in [0.2, 0.25) is 0 Å². The van der Waals surface area contributed by atoms with Crippen molar-refractivity contribution in [3.63, 3.8) is 0 Å². The summed E-state index contributed by atoms with van der Waals surface area (Å²) in [6.45, 7) is 2.84. The van der Waals surface area contributed by atoms with Crippen LogP contribution in [0.1, 0.15) is 26.2 Å². The van der Waals surface area contributed by atoms with E-state index in [4.69, 9.17) is 9.47 Å². The molecule has 3 rings (SSSR count). The van der Waals surface area contributed by atoms with Gasteiger partial charge in [0.25, 0.3) is 0 Å². The Labute approximate surface area is 188 Å². The molecule has 31 heavy (non-hydrogen) atoms. The van der Waals surface area contributed by atoms with E-state index in [0.717, 1.165) is 29.9 Å². The number of ether oxygens (including phenoxy) is 2. The van der Waals surface area contributed by atoms with Gasteiger partial charge >= 0.3 is 0 Å². The Kier molecular flexibility index (Phi) is 7.85. The summed E-state index contributed by atoms with van der Waals surface area (Å²) in [4.78, 5) is 13.9. The Bertz CT molecular complexity index is 1000. The maximum Gasteiger partial charge on any atom is 0.243 e. The van der Waals surface area contributed by atoms with Crippen LogP contribution in [0.3, 0.4) is 0 Å². The van der Waals surface area contributed by atoms with Crippen molar-refractivity contribution in [2.45, 2.75) is 41.2 Å². The maximum absolute atomic E-state index is 13.0. The van der Waals surface area contributed by atoms with Crippen molar-refractivity contribution in [1.29, 1.82) is 0 Å². The molecule has 168 valence electrons. The third-order valence-electron chi connectivity index (χ3n) is 5.12. The highest BCUT2D eigenvalue weighted by Gasteiger charge is 2.27. The first kappa shape index (κ1) is 23.4. The van der Waals surface area contributed by atoms with Crippen LogP contribution in [0.5, 0.6) is 11.5 Å². The molecule has 2 aromatic carbocycles. The number of sulfonamides is 1. The lowest BCUT2D eigenvalue weighted by molar-refractivity contribution is -0.115. The number of thioether (sulfide) groups is 1. The molecule has 7 nitrogen and oxygen atoms in total. The van der Waals surface area contributed by atoms with E-state index in [0.29, 0.717) is 24.5 Å². The number of piperidine rings is 1. The minimum Gasteiger partial charge on any atom is -0.497 e. The molecule has 9 heteroatoms. The van der Waals surface area contributed by atoms with Gasteiger partial charge in [0.05, 0.1) is 30.1 Å². The Morgan fingerprint density at radius 1 is 1.03 bits per heavy atom. The highest BCUT2D eigenvalue weighted by molar-refractivity contribution is 8.00. The number of benzene rings is 2. The monoisotopic (exact) mass is 464 g/mol. The first-order valence-corrected chi connectivity index (χ1v) is 12.5. The van der Waals surface area contributed by atoms with E-state index in [2.05, 4.69) is 5.32 Å². The number of rotatable bonds is 8. The third kappa shape index (κ3) is 5.72. The Hall–Kier alpha value is -2.23. The summed E-state index contributed by atoms with van der Waals surface area (Å²) >= 11 is 1.40. The minimum absolute atomic E-state index is 0.154. The van der Waals surface area contributed by atoms with Crippen LogP contribution in [0, 0.1) is 0 Å². The van der Waals surface area contributed by atoms with Gasteiger partial charge in [-0.1, -0.05) is 6.42 Å². The molecule has 0 radical (unpaired) electrons. The summed E-state index contributed by atoms with van der Waals surface area (Å²) in [5.74, 6) is 0.914. The van der Waals surface area contributed by atoms with E-state index in [1.807, 2.05) is 24.3 Å². The van der Waals surface area contributed by atoms with Crippen molar-refractivity contribution in [2.24, 2.45) is 0 Å². The van der Waals surface area contributed by atoms with E-state index >= 15 is 0 Å². The molecule has 0 spiro atoms. The van der Waals surface area contributed by atoms with Crippen molar-refractivity contribution in [3.05, 3.63) is 42.5 Å². The number of methoxy groups -OCH3 is 2. The number of carbonyl (C=O) groups is 1. The van der Waals surface area contributed by atoms with Gasteiger partial charge in [-0.3, -0.25) is 4.79 Å². The SMILES string of the molecule is COc1ccc(S[C@@H](C)C(=O)Nc2cc(S(=O)(=O)N3CCCCC3)ccc2OC)cc1. The zero-order valence-electron chi connectivity index (χ0n) is 18.0. The van der Waals surface area contributed by atoms with Gasteiger partial charge in [0.2, 0.25) is 15.9 Å². The van der Waals surface area contributed by atoms with Gasteiger partial charge in [-0.25, -0.2) is 8.42 Å². The fraction of sp³-hybridized carbons (Fsp3) is 0.409. The van der Waals surface area contributed by atoms with Crippen molar-refractivity contribution >= 4 is 33.4 Å². The number of nitrogens with one attached hydrogen (secondary N) is 1. The largest absolute Gasteiger partial charge is 0.497 e. The summed E-state index contributed by atoms with van der Waals surface area (Å²) in [7, 11) is -0.523. The van der Waals surface area contributed by atoms with Crippen LogP contribution in [0.15, 0.2) is 52.3 Å². The van der Waals surface area contributed by atoms with Gasteiger partial charge < -0.3 is 14.8 Å². The first-order valence-electron chi connectivity index (χ1n) is 10.1. The molecule has 0 unspecified atom stereocenters. The molecule has 2 aromatic rings. The Morgan fingerprint density at radius 3 is 2.32 bits per heavy atom. The molecule has 1 saturated heterocycles. The normalized spacial score (nSPS) is 15.8. The van der Waals surface area contributed by atoms with Crippen molar-refractivity contribution in [2.75, 3.05) is 32.6 Å². The zero-order valence-corrected chi connectivity index (χ0v) is 19.6. The summed E-state index contributed by atoms with van der Waals surface area (Å²) in [6.07, 6.45) is 2.76. The summed E-state index contributed by atoms with van der Waals surface area (Å²) in [5, 5.41) is 2.42. The van der Waals surface area contributed by atoms with Crippen LogP contribution < -0.4 is 14.8 Å². The lowest BCUT2D eigenvalue weighted by atomic mass is 10.2. The standard InChI is InChI=1S/C22H28N2O5S2/c1-16(30-18-9-7-17(28-2)8-10-18)22(25)23-20-15-19(11-12-21(20)29-3)31(26,27)24-13-5-4-6-14-24/h7-12,15-16H,4-6,13-14H2,1-3H3,(H,23,25)/t16-/m0/s1. The summed E-state index contributed by atoms with van der Waals surface area (Å²) < 4.78 is 38.0. The lowest BCUT2D eigenvalue weighted by Crippen LogP contribution is -2.35. The van der Waals surface area contributed by atoms with Gasteiger partial charge in [-0.15, -0.1) is 11.8 Å². The number of carbonyl (C=O) groups excluding carboxylic acids is 1. The molecule has 0 aromatic heterocycles. The second-order valence-corrected chi connectivity index (χ2v) is 10.6. The van der Waals surface area contributed by atoms with E-state index in [1.165, 1.54) is 35.3 Å². The van der Waals surface area contributed by atoms with Gasteiger partial charge in [0, 0.05) is 18.0 Å². The van der Waals surface area contributed by atoms with E-state index in [1.54, 1.807) is 20.1 Å². The predicted molar refractivity (Wildman–Crippen MR) is 123 cm³/mol. The summed E-state index contributed by atoms with van der Waals surface area (Å²) in [5.41, 5.74) is 0.341. The van der Waals surface area contributed by atoms with Crippen molar-refractivity contribution in [3.8, 4) is 11.5 Å². The number of hydrogen-bond acceptors (Lipinski definition) is 6. The van der Waals surface area contributed by atoms with Gasteiger partial charge in [-0.2, -0.15) is 4.31 Å². The lowest BCUT2D eigenvalue weighted by Gasteiger charge is -2.26. The average molecular weight is 465 g/mol. The predicted octanol–water partition coefficient (Wildman–Crippen LogP) is 4.00. The van der Waals surface area contributed by atoms with Crippen LogP contribution in [-0.4, -0.2) is 51.2 Å². The minimum atomic E-state index is -3.61. The Morgan fingerprint density at radius 2 is 1.71 bits per heavy atom. The van der Waals surface area contributed by atoms with E-state index in [-0.39, 0.29) is 10.8 Å². The molecule has 1 N–H and O–H groups in total. The number of anilines is 1. The van der Waals surface area contributed by atoms with Gasteiger partial charge in [0.1, 0.15) is 11.5 Å². The third-order valence-corrected chi connectivity index (χ3v) is 8.13. The number of nitrogens with zero attached hydrogens (tertiary/aromatic N) is 1. The highest BCUT2D eigenvalue weighted by atomic mass is 32.2. The van der Waals surface area contributed by atoms with Crippen molar-refractivity contribution < 1.29 is 22.7 Å². The topological polar surface area (TPSA) is 84.9 Å². The molecule has 1 amide bonds. The average Bonchev–Trinajstić information content (AvgIpc) is 2.80. The summed E-state index contributed by atoms with van der Waals surface area (Å²) in [6, 6.07) is 12.0. The molecular weight excluding hydrogens is 436 g/mol. The van der Waals surface area contributed by atoms with E-state index < -0.39 is 15.3 Å². The zero-order chi connectivity index (χ0) is 22.4. The molecule has 1 aliphatic heterocycles. The number of hydrogen-bond donors (Lipinski definition) is 1. The van der Waals surface area contributed by atoms with E-state index in [9.17, 15) is 13.2 Å². The van der Waals surface area contributed by atoms with Crippen LogP contribution in [-0.2, 0) is 14.8 Å². The molecule has 1 heterocycles. The quantitative estimate of drug-likeness (QED) is 0.595. The van der Waals surface area contributed by atoms with Crippen LogP contribution >= 0.6 is 11.8 Å². The molecular formula is C22H28N2O5S2. The van der Waals surface area contributed by atoms with Crippen LogP contribution in [0.25, 0.3) is 0 Å². The second kappa shape index (κ2) is 10.4. The van der Waals surface area contributed by atoms with Gasteiger partial charge in [-0.05, 0) is 62.2 Å². The fourth-order valence-electron chi connectivity index (χ4n) is 3.35. The highest BCUT2D eigenvalue weighted by Crippen LogP contribution is 2.31. The van der Waals surface area contributed by atoms with Gasteiger partial charge in [0.15, 0.2) is 0 Å². The fourth-order valence-corrected chi connectivity index (χ4v) is 5.76. The smallest absolute Gasteiger partial charge is 0.243 e. The first-order chi connectivity index (χ1) is 14.8. The molecule has 1 fully saturated rings. The molecule has 1 aliphatic rings. The number of amides is 1.